The van der Waals surface area contributed by atoms with Crippen molar-refractivity contribution in [1.82, 2.24) is 0 Å². The van der Waals surface area contributed by atoms with Gasteiger partial charge in [-0.2, -0.15) is 0 Å². The average Bonchev–Trinajstić information content (AvgIpc) is 4.04. The molecule has 0 N–H and O–H groups in total. The number of thiophene rings is 1. The number of hydrogen-bond donors (Lipinski definition) is 0. The van der Waals surface area contributed by atoms with E-state index in [1.807, 2.05) is 11.3 Å². The lowest BCUT2D eigenvalue weighted by atomic mass is 9.64. The largest absolute Gasteiger partial charge is 0.457 e. The van der Waals surface area contributed by atoms with E-state index in [-0.39, 0.29) is 10.8 Å². The summed E-state index contributed by atoms with van der Waals surface area (Å²) in [6, 6.07) is 84.8. The third-order valence-corrected chi connectivity index (χ3v) is 17.5. The van der Waals surface area contributed by atoms with E-state index in [4.69, 9.17) is 4.74 Å². The second kappa shape index (κ2) is 15.8. The molecule has 0 fully saturated rings. The highest BCUT2D eigenvalue weighted by atomic mass is 32.1. The van der Waals surface area contributed by atoms with E-state index >= 15 is 0 Å². The van der Waals surface area contributed by atoms with Gasteiger partial charge in [-0.1, -0.05) is 205 Å². The third kappa shape index (κ3) is 6.16. The van der Waals surface area contributed by atoms with Gasteiger partial charge in [-0.15, -0.1) is 11.3 Å². The second-order valence-corrected chi connectivity index (χ2v) is 23.4. The van der Waals surface area contributed by atoms with Crippen LogP contribution in [0.5, 0.6) is 11.5 Å². The average molecular weight is 958 g/mol. The summed E-state index contributed by atoms with van der Waals surface area (Å²) in [4.78, 5) is 2.61. The topological polar surface area (TPSA) is 12.5 Å². The summed E-state index contributed by atoms with van der Waals surface area (Å²) >= 11 is 1.87. The lowest BCUT2D eigenvalue weighted by Crippen LogP contribution is -2.33. The molecule has 0 atom stereocenters. The van der Waals surface area contributed by atoms with Crippen LogP contribution in [-0.4, -0.2) is 0 Å². The maximum atomic E-state index is 7.08. The van der Waals surface area contributed by atoms with Crippen LogP contribution < -0.4 is 9.64 Å². The molecule has 0 unspecified atom stereocenters. The predicted molar refractivity (Wildman–Crippen MR) is 306 cm³/mol. The molecule has 11 aromatic rings. The van der Waals surface area contributed by atoms with Crippen molar-refractivity contribution in [3.05, 3.63) is 280 Å². The standard InChI is InChI=1S/C70H55NOS/c1-67(2,3)46-35-39-61-57(41-46)70(58-42-47(68(4,5)6)36-40-62(58)72-61)54-29-17-14-26-51(54)65-55(70)30-19-31-59(65)71(60-32-20-34-64-66(60)52-27-15-18-33-63(52)73-64)48-37-38-50-49-25-13-16-28-53(49)69(56(50)43-48,44-21-9-7-10-22-44)45-23-11-8-12-24-45/h7-43H,1-6H3. The van der Waals surface area contributed by atoms with Gasteiger partial charge in [0.15, 0.2) is 0 Å². The number of anilines is 3. The van der Waals surface area contributed by atoms with Crippen molar-refractivity contribution in [3.63, 3.8) is 0 Å². The van der Waals surface area contributed by atoms with Crippen molar-refractivity contribution < 1.29 is 4.74 Å². The van der Waals surface area contributed by atoms with Crippen molar-refractivity contribution in [3.8, 4) is 33.8 Å². The highest BCUT2D eigenvalue weighted by molar-refractivity contribution is 7.26. The zero-order chi connectivity index (χ0) is 49.4. The number of benzene rings is 10. The molecule has 2 heterocycles. The van der Waals surface area contributed by atoms with E-state index in [1.54, 1.807) is 0 Å². The Morgan fingerprint density at radius 1 is 0.384 bits per heavy atom. The van der Waals surface area contributed by atoms with Gasteiger partial charge in [0.05, 0.1) is 22.2 Å². The highest BCUT2D eigenvalue weighted by Gasteiger charge is 2.53. The summed E-state index contributed by atoms with van der Waals surface area (Å²) < 4.78 is 9.62. The molecule has 352 valence electrons. The number of rotatable bonds is 5. The molecule has 2 aliphatic carbocycles. The van der Waals surface area contributed by atoms with Crippen LogP contribution in [0.1, 0.15) is 97.2 Å². The Bertz CT molecular complexity index is 3930. The molecule has 0 radical (unpaired) electrons. The van der Waals surface area contributed by atoms with Crippen LogP contribution in [0.4, 0.5) is 17.1 Å². The molecule has 1 spiro atoms. The fourth-order valence-corrected chi connectivity index (χ4v) is 14.1. The molecular formula is C70H55NOS. The summed E-state index contributed by atoms with van der Waals surface area (Å²) in [5.74, 6) is 1.81. The maximum absolute atomic E-state index is 7.08. The summed E-state index contributed by atoms with van der Waals surface area (Å²) in [5.41, 5.74) is 19.5. The SMILES string of the molecule is CC(C)(C)c1ccc2c(c1)C1(c3cc(C(C)(C)C)ccc3O2)c2ccccc2-c2c(N(c3ccc4c(c3)C(c3ccccc3)(c3ccccc3)c3ccccc3-4)c3cccc4sc5ccccc5c34)cccc21. The molecule has 0 saturated heterocycles. The maximum Gasteiger partial charge on any atom is 0.132 e. The highest BCUT2D eigenvalue weighted by Crippen LogP contribution is 2.66. The molecule has 3 heteroatoms. The Kier molecular flexibility index (Phi) is 9.45. The molecule has 2 nitrogen and oxygen atoms in total. The molecule has 14 rings (SSSR count). The zero-order valence-electron chi connectivity index (χ0n) is 42.1. The quantitative estimate of drug-likeness (QED) is 0.170. The van der Waals surface area contributed by atoms with Gasteiger partial charge in [-0.25, -0.2) is 0 Å². The minimum atomic E-state index is -0.685. The molecule has 73 heavy (non-hydrogen) atoms. The minimum absolute atomic E-state index is 0.0900. The molecule has 0 bridgehead atoms. The van der Waals surface area contributed by atoms with E-state index in [2.05, 4.69) is 271 Å². The van der Waals surface area contributed by atoms with Crippen molar-refractivity contribution in [2.75, 3.05) is 4.90 Å². The molecular weight excluding hydrogens is 903 g/mol. The van der Waals surface area contributed by atoms with E-state index in [1.165, 1.54) is 98.1 Å². The summed E-state index contributed by atoms with van der Waals surface area (Å²) in [7, 11) is 0. The first kappa shape index (κ1) is 43.8. The van der Waals surface area contributed by atoms with Crippen LogP contribution >= 0.6 is 11.3 Å². The van der Waals surface area contributed by atoms with Crippen molar-refractivity contribution in [2.24, 2.45) is 0 Å². The fraction of sp³-hybridized carbons (Fsp3) is 0.143. The molecule has 10 aromatic carbocycles. The van der Waals surface area contributed by atoms with Crippen LogP contribution in [0.15, 0.2) is 224 Å². The van der Waals surface area contributed by atoms with Gasteiger partial charge < -0.3 is 9.64 Å². The Labute approximate surface area is 432 Å². The third-order valence-electron chi connectivity index (χ3n) is 16.3. The fourth-order valence-electron chi connectivity index (χ4n) is 13.0. The Morgan fingerprint density at radius 3 is 1.56 bits per heavy atom. The van der Waals surface area contributed by atoms with Gasteiger partial charge in [0.1, 0.15) is 11.5 Å². The van der Waals surface area contributed by atoms with Gasteiger partial charge in [-0.05, 0) is 133 Å². The van der Waals surface area contributed by atoms with E-state index in [9.17, 15) is 0 Å². The lowest BCUT2D eigenvalue weighted by Gasteiger charge is -2.41. The first-order valence-corrected chi connectivity index (χ1v) is 26.6. The van der Waals surface area contributed by atoms with Crippen molar-refractivity contribution >= 4 is 48.6 Å². The van der Waals surface area contributed by atoms with Crippen LogP contribution in [0.3, 0.4) is 0 Å². The van der Waals surface area contributed by atoms with Gasteiger partial charge >= 0.3 is 0 Å². The van der Waals surface area contributed by atoms with Crippen LogP contribution in [0.25, 0.3) is 42.4 Å². The van der Waals surface area contributed by atoms with Crippen LogP contribution in [0.2, 0.25) is 0 Å². The molecule has 1 aromatic heterocycles. The van der Waals surface area contributed by atoms with Crippen molar-refractivity contribution in [2.45, 2.75) is 63.2 Å². The molecule has 1 aliphatic heterocycles. The zero-order valence-corrected chi connectivity index (χ0v) is 42.9. The number of ether oxygens (including phenoxy) is 1. The lowest BCUT2D eigenvalue weighted by molar-refractivity contribution is 0.433. The molecule has 3 aliphatic rings. The van der Waals surface area contributed by atoms with Gasteiger partial charge in [0, 0.05) is 42.6 Å². The minimum Gasteiger partial charge on any atom is -0.457 e. The smallest absolute Gasteiger partial charge is 0.132 e. The van der Waals surface area contributed by atoms with Gasteiger partial charge in [0.25, 0.3) is 0 Å². The number of hydrogen-bond acceptors (Lipinski definition) is 3. The van der Waals surface area contributed by atoms with E-state index in [0.29, 0.717) is 0 Å². The van der Waals surface area contributed by atoms with Crippen LogP contribution in [-0.2, 0) is 21.7 Å². The van der Waals surface area contributed by atoms with Crippen LogP contribution in [0, 0.1) is 0 Å². The van der Waals surface area contributed by atoms with Crippen molar-refractivity contribution in [1.29, 1.82) is 0 Å². The summed E-state index contributed by atoms with van der Waals surface area (Å²) in [6.45, 7) is 13.9. The van der Waals surface area contributed by atoms with Gasteiger partial charge in [-0.3, -0.25) is 0 Å². The number of fused-ring (bicyclic) bond motifs is 15. The Balaban J connectivity index is 1.12. The van der Waals surface area contributed by atoms with E-state index < -0.39 is 10.8 Å². The molecule has 0 amide bonds. The predicted octanol–water partition coefficient (Wildman–Crippen LogP) is 19.0. The normalized spacial score (nSPS) is 14.5. The second-order valence-electron chi connectivity index (χ2n) is 22.4. The number of nitrogens with zero attached hydrogens (tertiary/aromatic N) is 1. The summed E-state index contributed by atoms with van der Waals surface area (Å²) in [6.07, 6.45) is 0. The monoisotopic (exact) mass is 957 g/mol. The molecule has 0 saturated carbocycles. The first-order valence-electron chi connectivity index (χ1n) is 25.7. The van der Waals surface area contributed by atoms with E-state index in [0.717, 1.165) is 28.6 Å². The Hall–Kier alpha value is -7.98. The van der Waals surface area contributed by atoms with Gasteiger partial charge in [0.2, 0.25) is 0 Å². The Morgan fingerprint density at radius 2 is 0.904 bits per heavy atom. The first-order chi connectivity index (χ1) is 35.5. The summed E-state index contributed by atoms with van der Waals surface area (Å²) in [5, 5.41) is 2.52.